The molecule has 4 N–H and O–H groups in total. The highest BCUT2D eigenvalue weighted by Crippen LogP contribution is 2.47. The van der Waals surface area contributed by atoms with Gasteiger partial charge in [-0.25, -0.2) is 0 Å². The first-order chi connectivity index (χ1) is 17.3. The predicted octanol–water partition coefficient (Wildman–Crippen LogP) is 5.67. The molecule has 7 heteroatoms. The molecule has 196 valence electrons. The summed E-state index contributed by atoms with van der Waals surface area (Å²) in [5.41, 5.74) is 2.20. The van der Waals surface area contributed by atoms with Crippen LogP contribution in [-0.2, 0) is 19.3 Å². The molecule has 0 radical (unpaired) electrons. The van der Waals surface area contributed by atoms with Gasteiger partial charge >= 0.3 is 0 Å². The molecular formula is C30H34O7. The number of rotatable bonds is 6. The van der Waals surface area contributed by atoms with E-state index >= 15 is 0 Å². The molecule has 4 rings (SSSR count). The van der Waals surface area contributed by atoms with E-state index in [1.807, 2.05) is 33.8 Å². The molecule has 1 aromatic heterocycles. The number of hydrogen-bond donors (Lipinski definition) is 4. The molecule has 2 aromatic carbocycles. The molecule has 0 spiro atoms. The smallest absolute Gasteiger partial charge is 0.238 e. The van der Waals surface area contributed by atoms with E-state index in [9.17, 15) is 25.2 Å². The van der Waals surface area contributed by atoms with Crippen molar-refractivity contribution in [3.63, 3.8) is 0 Å². The summed E-state index contributed by atoms with van der Waals surface area (Å²) < 4.78 is 12.3. The Bertz CT molecular complexity index is 1490. The van der Waals surface area contributed by atoms with E-state index in [0.29, 0.717) is 41.5 Å². The number of benzene rings is 2. The lowest BCUT2D eigenvalue weighted by Crippen LogP contribution is -2.33. The summed E-state index contributed by atoms with van der Waals surface area (Å²) in [5, 5.41) is 43.0. The van der Waals surface area contributed by atoms with Crippen LogP contribution in [0.4, 0.5) is 0 Å². The van der Waals surface area contributed by atoms with E-state index in [4.69, 9.17) is 9.15 Å². The Balaban J connectivity index is 1.97. The molecule has 0 unspecified atom stereocenters. The van der Waals surface area contributed by atoms with Crippen LogP contribution >= 0.6 is 0 Å². The van der Waals surface area contributed by atoms with Crippen molar-refractivity contribution in [2.45, 2.75) is 72.0 Å². The van der Waals surface area contributed by atoms with Gasteiger partial charge in [0.25, 0.3) is 0 Å². The Hall–Kier alpha value is -3.71. The highest BCUT2D eigenvalue weighted by atomic mass is 16.5. The number of phenols is 2. The van der Waals surface area contributed by atoms with Crippen LogP contribution in [-0.4, -0.2) is 32.1 Å². The predicted molar refractivity (Wildman–Crippen MR) is 144 cm³/mol. The maximum absolute atomic E-state index is 13.6. The third-order valence-corrected chi connectivity index (χ3v) is 6.83. The van der Waals surface area contributed by atoms with E-state index in [1.165, 1.54) is 6.07 Å². The molecule has 1 aliphatic heterocycles. The maximum Gasteiger partial charge on any atom is 0.238 e. The van der Waals surface area contributed by atoms with Crippen molar-refractivity contribution >= 4 is 11.0 Å². The minimum atomic E-state index is -0.820. The molecule has 0 fully saturated rings. The number of aromatic hydroxyl groups is 3. The molecule has 0 saturated heterocycles. The van der Waals surface area contributed by atoms with E-state index in [0.717, 1.165) is 5.57 Å². The molecule has 0 amide bonds. The fourth-order valence-electron chi connectivity index (χ4n) is 4.54. The summed E-state index contributed by atoms with van der Waals surface area (Å²) in [6.45, 7) is 13.1. The first-order valence-corrected chi connectivity index (χ1v) is 12.3. The molecule has 2 heterocycles. The van der Waals surface area contributed by atoms with Gasteiger partial charge < -0.3 is 29.6 Å². The Morgan fingerprint density at radius 2 is 1.86 bits per heavy atom. The van der Waals surface area contributed by atoms with Crippen molar-refractivity contribution < 1.29 is 29.6 Å². The third kappa shape index (κ3) is 4.96. The Kier molecular flexibility index (Phi) is 6.86. The molecule has 0 saturated carbocycles. The fourth-order valence-corrected chi connectivity index (χ4v) is 4.54. The Morgan fingerprint density at radius 3 is 2.49 bits per heavy atom. The second-order valence-electron chi connectivity index (χ2n) is 10.7. The number of phenolic OH excluding ortho intramolecular Hbond substituents is 2. The number of fused-ring (bicyclic) bond motifs is 3. The SMILES string of the molecule is C=C(C)[C@H](O)Cc1ccc(-c2oc3c(CC=C(C)C)c(O)c4c(c3c(=O)c2O)OC(C)(C)CC4)cc1O. The summed E-state index contributed by atoms with van der Waals surface area (Å²) in [6.07, 6.45) is 2.75. The quantitative estimate of drug-likeness (QED) is 0.318. The molecule has 7 nitrogen and oxygen atoms in total. The summed E-state index contributed by atoms with van der Waals surface area (Å²) in [7, 11) is 0. The number of allylic oxidation sites excluding steroid dienone is 2. The first kappa shape index (κ1) is 26.4. The highest BCUT2D eigenvalue weighted by molar-refractivity contribution is 5.93. The highest BCUT2D eigenvalue weighted by Gasteiger charge is 2.34. The summed E-state index contributed by atoms with van der Waals surface area (Å²) in [5.74, 6) is -0.625. The zero-order valence-corrected chi connectivity index (χ0v) is 21.9. The molecule has 1 aliphatic rings. The minimum absolute atomic E-state index is 0.0160. The minimum Gasteiger partial charge on any atom is -0.508 e. The van der Waals surface area contributed by atoms with Crippen molar-refractivity contribution in [3.8, 4) is 34.3 Å². The molecule has 0 aliphatic carbocycles. The Morgan fingerprint density at radius 1 is 1.16 bits per heavy atom. The van der Waals surface area contributed by atoms with Crippen LogP contribution in [0.15, 0.2) is 51.2 Å². The summed E-state index contributed by atoms with van der Waals surface area (Å²) in [4.78, 5) is 13.6. The third-order valence-electron chi connectivity index (χ3n) is 6.83. The van der Waals surface area contributed by atoms with E-state index in [1.54, 1.807) is 19.1 Å². The van der Waals surface area contributed by atoms with Crippen molar-refractivity contribution in [1.82, 2.24) is 0 Å². The van der Waals surface area contributed by atoms with Gasteiger partial charge in [0.15, 0.2) is 5.76 Å². The maximum atomic E-state index is 13.6. The van der Waals surface area contributed by atoms with Crippen LogP contribution in [0.1, 0.15) is 57.7 Å². The zero-order chi connectivity index (χ0) is 27.2. The topological polar surface area (TPSA) is 120 Å². The van der Waals surface area contributed by atoms with Crippen LogP contribution in [0.5, 0.6) is 23.0 Å². The van der Waals surface area contributed by atoms with Gasteiger partial charge in [-0.2, -0.15) is 0 Å². The van der Waals surface area contributed by atoms with E-state index < -0.39 is 22.9 Å². The van der Waals surface area contributed by atoms with Crippen LogP contribution in [0.2, 0.25) is 0 Å². The summed E-state index contributed by atoms with van der Waals surface area (Å²) >= 11 is 0. The molecule has 37 heavy (non-hydrogen) atoms. The Labute approximate surface area is 216 Å². The van der Waals surface area contributed by atoms with Crippen molar-refractivity contribution in [1.29, 1.82) is 0 Å². The van der Waals surface area contributed by atoms with Gasteiger partial charge in [0, 0.05) is 23.1 Å². The van der Waals surface area contributed by atoms with Gasteiger partial charge in [-0.05, 0) is 65.5 Å². The van der Waals surface area contributed by atoms with Crippen molar-refractivity contribution in [3.05, 3.63) is 68.9 Å². The summed E-state index contributed by atoms with van der Waals surface area (Å²) in [6, 6.07) is 4.57. The van der Waals surface area contributed by atoms with E-state index in [-0.39, 0.29) is 46.0 Å². The van der Waals surface area contributed by atoms with Gasteiger partial charge in [-0.3, -0.25) is 4.79 Å². The number of ether oxygens (including phenoxy) is 1. The van der Waals surface area contributed by atoms with Gasteiger partial charge in [-0.1, -0.05) is 35.9 Å². The van der Waals surface area contributed by atoms with Crippen LogP contribution in [0.3, 0.4) is 0 Å². The molecule has 3 aromatic rings. The van der Waals surface area contributed by atoms with Crippen LogP contribution in [0, 0.1) is 0 Å². The fraction of sp³-hybridized carbons (Fsp3) is 0.367. The van der Waals surface area contributed by atoms with Crippen LogP contribution < -0.4 is 10.2 Å². The van der Waals surface area contributed by atoms with Crippen molar-refractivity contribution in [2.75, 3.05) is 0 Å². The molecule has 0 bridgehead atoms. The lowest BCUT2D eigenvalue weighted by molar-refractivity contribution is 0.0856. The average Bonchev–Trinajstić information content (AvgIpc) is 2.81. The second-order valence-corrected chi connectivity index (χ2v) is 10.7. The average molecular weight is 507 g/mol. The number of aliphatic hydroxyl groups excluding tert-OH is 1. The number of hydrogen-bond acceptors (Lipinski definition) is 7. The number of aliphatic hydroxyl groups is 1. The molecular weight excluding hydrogens is 472 g/mol. The monoisotopic (exact) mass is 506 g/mol. The molecule has 1 atom stereocenters. The normalized spacial score (nSPS) is 15.1. The first-order valence-electron chi connectivity index (χ1n) is 12.3. The zero-order valence-electron chi connectivity index (χ0n) is 21.9. The standard InChI is InChI=1S/C30H34O7/c1-15(2)7-10-19-24(33)20-11-12-30(5,6)37-29(20)23-25(34)26(35)27(36-28(19)23)18-9-8-17(22(32)14-18)13-21(31)16(3)4/h7-9,14,21,31-33,35H,3,10-13H2,1-2,4-6H3/t21-/m1/s1. The second kappa shape index (κ2) is 9.63. The lowest BCUT2D eigenvalue weighted by atomic mass is 9.89. The largest absolute Gasteiger partial charge is 0.508 e. The van der Waals surface area contributed by atoms with Gasteiger partial charge in [-0.15, -0.1) is 0 Å². The van der Waals surface area contributed by atoms with Gasteiger partial charge in [0.2, 0.25) is 11.2 Å². The van der Waals surface area contributed by atoms with Gasteiger partial charge in [0.05, 0.1) is 6.10 Å². The van der Waals surface area contributed by atoms with Crippen molar-refractivity contribution in [2.24, 2.45) is 0 Å². The van der Waals surface area contributed by atoms with E-state index in [2.05, 4.69) is 6.58 Å². The lowest BCUT2D eigenvalue weighted by Gasteiger charge is -2.34. The van der Waals surface area contributed by atoms with Crippen LogP contribution in [0.25, 0.3) is 22.3 Å². The van der Waals surface area contributed by atoms with Gasteiger partial charge in [0.1, 0.15) is 33.8 Å².